The molecule has 0 bridgehead atoms. The summed E-state index contributed by atoms with van der Waals surface area (Å²) in [6, 6.07) is 14.0. The molecule has 182 valence electrons. The second kappa shape index (κ2) is 11.9. The molecule has 1 aromatic heterocycles. The van der Waals surface area contributed by atoms with Crippen LogP contribution in [-0.4, -0.2) is 35.6 Å². The van der Waals surface area contributed by atoms with E-state index in [2.05, 4.69) is 15.5 Å². The molecule has 0 saturated heterocycles. The van der Waals surface area contributed by atoms with Gasteiger partial charge in [0.15, 0.2) is 11.5 Å². The highest BCUT2D eigenvalue weighted by molar-refractivity contribution is 7.99. The zero-order valence-electron chi connectivity index (χ0n) is 17.9. The molecule has 3 aromatic rings. The number of carbonyl (C=O) groups is 1. The highest BCUT2D eigenvalue weighted by atomic mass is 35.5. The van der Waals surface area contributed by atoms with Crippen LogP contribution >= 0.6 is 34.7 Å². The number of halogens is 4. The fourth-order valence-corrected chi connectivity index (χ4v) is 4.07. The van der Waals surface area contributed by atoms with Crippen molar-refractivity contribution >= 4 is 51.8 Å². The highest BCUT2D eigenvalue weighted by Crippen LogP contribution is 2.33. The summed E-state index contributed by atoms with van der Waals surface area (Å²) in [6.45, 7) is 0.395. The molecular formula is C22H16ClF3N4O3S2. The van der Waals surface area contributed by atoms with Gasteiger partial charge in [0.25, 0.3) is 5.91 Å². The van der Waals surface area contributed by atoms with Crippen molar-refractivity contribution in [3.8, 4) is 17.6 Å². The van der Waals surface area contributed by atoms with Gasteiger partial charge < -0.3 is 9.47 Å². The molecule has 0 spiro atoms. The highest BCUT2D eigenvalue weighted by Gasteiger charge is 2.35. The fraction of sp³-hybridized carbons (Fsp3) is 0.182. The average Bonchev–Trinajstić information content (AvgIpc) is 3.31. The number of thioether (sulfide) groups is 1. The van der Waals surface area contributed by atoms with Crippen molar-refractivity contribution in [2.75, 3.05) is 24.8 Å². The molecule has 7 nitrogen and oxygen atoms in total. The number of methoxy groups -OCH3 is 1. The van der Waals surface area contributed by atoms with E-state index in [1.807, 2.05) is 24.3 Å². The molecule has 0 fully saturated rings. The van der Waals surface area contributed by atoms with Crippen LogP contribution in [0.25, 0.3) is 6.08 Å². The summed E-state index contributed by atoms with van der Waals surface area (Å²) in [7, 11) is 1.45. The first-order chi connectivity index (χ1) is 16.7. The smallest absolute Gasteiger partial charge is 0.445 e. The Bertz CT molecular complexity index is 1260. The lowest BCUT2D eigenvalue weighted by atomic mass is 10.1. The average molecular weight is 541 g/mol. The Kier molecular flexibility index (Phi) is 8.97. The standard InChI is InChI=1S/C22H16ClF3N4O3S2/c1-32-18-11-13(2-7-17(18)33-8-9-34-16-5-3-15(23)4-6-16)10-14(12-27)19(31)28-21-30-29-20(35-21)22(24,25)26/h2-7,10-11H,8-9H2,1H3,(H,28,30,31)/b14-10-. The van der Waals surface area contributed by atoms with E-state index in [9.17, 15) is 23.2 Å². The van der Waals surface area contributed by atoms with E-state index in [0.29, 0.717) is 34.4 Å². The molecule has 0 atom stereocenters. The van der Waals surface area contributed by atoms with Gasteiger partial charge in [0, 0.05) is 15.7 Å². The molecule has 0 aliphatic rings. The van der Waals surface area contributed by atoms with Gasteiger partial charge >= 0.3 is 6.18 Å². The fourth-order valence-electron chi connectivity index (χ4n) is 2.60. The number of nitrogens with zero attached hydrogens (tertiary/aromatic N) is 3. The summed E-state index contributed by atoms with van der Waals surface area (Å²) in [5, 5.41) is 16.8. The number of nitriles is 1. The molecule has 1 amide bonds. The summed E-state index contributed by atoms with van der Waals surface area (Å²) in [4.78, 5) is 13.4. The number of nitrogens with one attached hydrogen (secondary N) is 1. The summed E-state index contributed by atoms with van der Waals surface area (Å²) in [5.41, 5.74) is 0.105. The molecule has 1 N–H and O–H groups in total. The SMILES string of the molecule is COc1cc(/C=C(/C#N)C(=O)Nc2nnc(C(F)(F)F)s2)ccc1OCCSc1ccc(Cl)cc1. The van der Waals surface area contributed by atoms with Gasteiger partial charge in [0.05, 0.1) is 13.7 Å². The number of carbonyl (C=O) groups excluding carboxylic acids is 1. The number of aromatic nitrogens is 2. The normalized spacial score (nSPS) is 11.6. The molecule has 2 aromatic carbocycles. The number of hydrogen-bond acceptors (Lipinski definition) is 8. The second-order valence-electron chi connectivity index (χ2n) is 6.60. The summed E-state index contributed by atoms with van der Waals surface area (Å²) >= 11 is 7.63. The lowest BCUT2D eigenvalue weighted by Gasteiger charge is -2.11. The van der Waals surface area contributed by atoms with Crippen molar-refractivity contribution in [1.29, 1.82) is 5.26 Å². The number of anilines is 1. The topological polar surface area (TPSA) is 97.1 Å². The second-order valence-corrected chi connectivity index (χ2v) is 9.18. The third-order valence-electron chi connectivity index (χ3n) is 4.17. The first kappa shape index (κ1) is 26.3. The van der Waals surface area contributed by atoms with Crippen LogP contribution in [0.15, 0.2) is 52.9 Å². The van der Waals surface area contributed by atoms with Crippen molar-refractivity contribution in [3.63, 3.8) is 0 Å². The van der Waals surface area contributed by atoms with E-state index >= 15 is 0 Å². The maximum Gasteiger partial charge on any atom is 0.445 e. The van der Waals surface area contributed by atoms with E-state index in [0.717, 1.165) is 4.90 Å². The zero-order valence-corrected chi connectivity index (χ0v) is 20.3. The van der Waals surface area contributed by atoms with E-state index in [1.54, 1.807) is 36.0 Å². The number of rotatable bonds is 9. The van der Waals surface area contributed by atoms with Crippen molar-refractivity contribution in [2.45, 2.75) is 11.1 Å². The molecule has 35 heavy (non-hydrogen) atoms. The minimum Gasteiger partial charge on any atom is -0.493 e. The van der Waals surface area contributed by atoms with Crippen molar-refractivity contribution in [2.24, 2.45) is 0 Å². The van der Waals surface area contributed by atoms with Crippen molar-refractivity contribution < 1.29 is 27.4 Å². The summed E-state index contributed by atoms with van der Waals surface area (Å²) in [5.74, 6) is 0.605. The number of ether oxygens (including phenoxy) is 2. The predicted molar refractivity (Wildman–Crippen MR) is 128 cm³/mol. The van der Waals surface area contributed by atoms with Crippen LogP contribution in [0.2, 0.25) is 5.02 Å². The molecule has 0 aliphatic carbocycles. The molecule has 0 aliphatic heterocycles. The van der Waals surface area contributed by atoms with Gasteiger partial charge in [-0.05, 0) is 48.0 Å². The van der Waals surface area contributed by atoms with Crippen molar-refractivity contribution in [3.05, 3.63) is 63.6 Å². The Morgan fingerprint density at radius 3 is 2.60 bits per heavy atom. The van der Waals surface area contributed by atoms with Crippen LogP contribution in [0.4, 0.5) is 18.3 Å². The minimum absolute atomic E-state index is 0.159. The van der Waals surface area contributed by atoms with E-state index in [1.165, 1.54) is 13.2 Å². The van der Waals surface area contributed by atoms with Crippen LogP contribution in [0.3, 0.4) is 0 Å². The maximum absolute atomic E-state index is 12.6. The Labute approximate surface area is 211 Å². The Balaban J connectivity index is 1.63. The maximum atomic E-state index is 12.6. The summed E-state index contributed by atoms with van der Waals surface area (Å²) in [6.07, 6.45) is -3.41. The lowest BCUT2D eigenvalue weighted by molar-refractivity contribution is -0.138. The van der Waals surface area contributed by atoms with E-state index < -0.39 is 17.1 Å². The minimum atomic E-state index is -4.68. The van der Waals surface area contributed by atoms with E-state index in [-0.39, 0.29) is 22.0 Å². The van der Waals surface area contributed by atoms with Crippen LogP contribution in [-0.2, 0) is 11.0 Å². The van der Waals surface area contributed by atoms with Gasteiger partial charge in [-0.15, -0.1) is 22.0 Å². The Morgan fingerprint density at radius 1 is 1.23 bits per heavy atom. The molecule has 0 radical (unpaired) electrons. The number of amides is 1. The van der Waals surface area contributed by atoms with Crippen LogP contribution in [0.1, 0.15) is 10.6 Å². The van der Waals surface area contributed by atoms with Gasteiger partial charge in [-0.3, -0.25) is 10.1 Å². The number of alkyl halides is 3. The third-order valence-corrected chi connectivity index (χ3v) is 6.29. The van der Waals surface area contributed by atoms with Gasteiger partial charge in [0.2, 0.25) is 10.1 Å². The third kappa shape index (κ3) is 7.61. The molecule has 1 heterocycles. The number of hydrogen-bond donors (Lipinski definition) is 1. The monoisotopic (exact) mass is 540 g/mol. The molecule has 3 rings (SSSR count). The molecule has 13 heteroatoms. The van der Waals surface area contributed by atoms with Gasteiger partial charge in [-0.2, -0.15) is 18.4 Å². The van der Waals surface area contributed by atoms with E-state index in [4.69, 9.17) is 21.1 Å². The Morgan fingerprint density at radius 2 is 1.97 bits per heavy atom. The quantitative estimate of drug-likeness (QED) is 0.155. The predicted octanol–water partition coefficient (Wildman–Crippen LogP) is 5.94. The first-order valence-corrected chi connectivity index (χ1v) is 11.9. The first-order valence-electron chi connectivity index (χ1n) is 9.72. The van der Waals surface area contributed by atoms with Gasteiger partial charge in [0.1, 0.15) is 11.6 Å². The largest absolute Gasteiger partial charge is 0.493 e. The lowest BCUT2D eigenvalue weighted by Crippen LogP contribution is -2.13. The van der Waals surface area contributed by atoms with Gasteiger partial charge in [-0.1, -0.05) is 29.0 Å². The molecule has 0 unspecified atom stereocenters. The van der Waals surface area contributed by atoms with Crippen LogP contribution < -0.4 is 14.8 Å². The molecule has 0 saturated carbocycles. The van der Waals surface area contributed by atoms with Crippen molar-refractivity contribution in [1.82, 2.24) is 10.2 Å². The number of benzene rings is 2. The molecular weight excluding hydrogens is 525 g/mol. The zero-order chi connectivity index (χ0) is 25.4. The summed E-state index contributed by atoms with van der Waals surface area (Å²) < 4.78 is 49.1. The van der Waals surface area contributed by atoms with Gasteiger partial charge in [-0.25, -0.2) is 0 Å². The van der Waals surface area contributed by atoms with Crippen LogP contribution in [0, 0.1) is 11.3 Å². The Hall–Kier alpha value is -3.27. The van der Waals surface area contributed by atoms with Crippen LogP contribution in [0.5, 0.6) is 11.5 Å².